The van der Waals surface area contributed by atoms with Gasteiger partial charge in [-0.05, 0) is 58.3 Å². The molecule has 4 atom stereocenters. The molecule has 0 spiro atoms. The highest BCUT2D eigenvalue weighted by molar-refractivity contribution is 4.92. The van der Waals surface area contributed by atoms with Gasteiger partial charge in [0, 0.05) is 25.2 Å². The molecule has 3 aliphatic heterocycles. The van der Waals surface area contributed by atoms with E-state index in [-0.39, 0.29) is 0 Å². The van der Waals surface area contributed by atoms with Gasteiger partial charge in [0.1, 0.15) is 0 Å². The molecule has 3 rings (SSSR count). The van der Waals surface area contributed by atoms with E-state index in [1.165, 1.54) is 64.8 Å². The number of rotatable bonds is 3. The Kier molecular flexibility index (Phi) is 3.69. The molecule has 1 N–H and O–H groups in total. The van der Waals surface area contributed by atoms with Crippen molar-refractivity contribution in [2.24, 2.45) is 5.92 Å². The average molecular weight is 237 g/mol. The first kappa shape index (κ1) is 11.9. The van der Waals surface area contributed by atoms with Gasteiger partial charge in [-0.15, -0.1) is 0 Å². The quantitative estimate of drug-likeness (QED) is 0.794. The van der Waals surface area contributed by atoms with E-state index in [1.54, 1.807) is 0 Å². The lowest BCUT2D eigenvalue weighted by atomic mass is 9.92. The van der Waals surface area contributed by atoms with Gasteiger partial charge in [-0.25, -0.2) is 0 Å². The monoisotopic (exact) mass is 237 g/mol. The molecule has 2 bridgehead atoms. The fourth-order valence-electron chi connectivity index (χ4n) is 4.07. The highest BCUT2D eigenvalue weighted by Gasteiger charge is 2.36. The molecule has 0 aromatic heterocycles. The highest BCUT2D eigenvalue weighted by Crippen LogP contribution is 2.30. The molecule has 3 heteroatoms. The molecule has 3 fully saturated rings. The minimum atomic E-state index is 0.758. The molecule has 3 aliphatic rings. The van der Waals surface area contributed by atoms with Crippen molar-refractivity contribution in [1.29, 1.82) is 0 Å². The van der Waals surface area contributed by atoms with Crippen molar-refractivity contribution < 1.29 is 0 Å². The normalized spacial score (nSPS) is 42.0. The minimum Gasteiger partial charge on any atom is -0.313 e. The van der Waals surface area contributed by atoms with E-state index in [2.05, 4.69) is 22.2 Å². The summed E-state index contributed by atoms with van der Waals surface area (Å²) < 4.78 is 0. The van der Waals surface area contributed by atoms with Gasteiger partial charge in [-0.2, -0.15) is 0 Å². The molecule has 17 heavy (non-hydrogen) atoms. The van der Waals surface area contributed by atoms with Crippen molar-refractivity contribution in [2.45, 2.75) is 44.2 Å². The standard InChI is InChI=1S/C14H27N3/c1-16(11-13-4-2-3-7-15-13)14-6-9-17-8-5-12(14)10-17/h12-15H,2-11H2,1H3. The second-order valence-electron chi connectivity index (χ2n) is 6.29. The topological polar surface area (TPSA) is 18.5 Å². The van der Waals surface area contributed by atoms with Crippen molar-refractivity contribution in [3.63, 3.8) is 0 Å². The number of likely N-dealkylation sites (N-methyl/N-ethyl adjacent to an activating group) is 1. The zero-order chi connectivity index (χ0) is 11.7. The van der Waals surface area contributed by atoms with Crippen LogP contribution in [0.5, 0.6) is 0 Å². The van der Waals surface area contributed by atoms with E-state index in [1.807, 2.05) is 0 Å². The van der Waals surface area contributed by atoms with Crippen LogP contribution in [-0.2, 0) is 0 Å². The van der Waals surface area contributed by atoms with Gasteiger partial charge in [0.25, 0.3) is 0 Å². The fourth-order valence-corrected chi connectivity index (χ4v) is 4.07. The van der Waals surface area contributed by atoms with Crippen LogP contribution in [-0.4, -0.2) is 61.7 Å². The number of fused-ring (bicyclic) bond motifs is 2. The van der Waals surface area contributed by atoms with E-state index in [0.29, 0.717) is 0 Å². The Morgan fingerprint density at radius 3 is 2.88 bits per heavy atom. The lowest BCUT2D eigenvalue weighted by Crippen LogP contribution is -2.50. The van der Waals surface area contributed by atoms with Crippen LogP contribution in [0.4, 0.5) is 0 Å². The Morgan fingerprint density at radius 2 is 2.06 bits per heavy atom. The summed E-state index contributed by atoms with van der Waals surface area (Å²) in [6.07, 6.45) is 7.02. The van der Waals surface area contributed by atoms with Crippen LogP contribution in [0.15, 0.2) is 0 Å². The third kappa shape index (κ3) is 2.67. The Hall–Kier alpha value is -0.120. The molecule has 0 aromatic carbocycles. The Labute approximate surface area is 106 Å². The van der Waals surface area contributed by atoms with E-state index in [0.717, 1.165) is 18.0 Å². The lowest BCUT2D eigenvalue weighted by molar-refractivity contribution is 0.110. The van der Waals surface area contributed by atoms with Gasteiger partial charge in [0.05, 0.1) is 0 Å². The largest absolute Gasteiger partial charge is 0.313 e. The third-order valence-corrected chi connectivity index (χ3v) is 5.08. The van der Waals surface area contributed by atoms with E-state index >= 15 is 0 Å². The molecule has 98 valence electrons. The van der Waals surface area contributed by atoms with Gasteiger partial charge >= 0.3 is 0 Å². The average Bonchev–Trinajstić information content (AvgIpc) is 2.72. The van der Waals surface area contributed by atoms with Crippen LogP contribution in [0, 0.1) is 5.92 Å². The van der Waals surface area contributed by atoms with Crippen molar-refractivity contribution >= 4 is 0 Å². The molecule has 3 saturated heterocycles. The number of nitrogens with zero attached hydrogens (tertiary/aromatic N) is 2. The lowest BCUT2D eigenvalue weighted by Gasteiger charge is -2.39. The Bertz CT molecular complexity index is 250. The zero-order valence-electron chi connectivity index (χ0n) is 11.2. The van der Waals surface area contributed by atoms with E-state index in [9.17, 15) is 0 Å². The Morgan fingerprint density at radius 1 is 1.18 bits per heavy atom. The Balaban J connectivity index is 1.52. The van der Waals surface area contributed by atoms with Gasteiger partial charge in [0.15, 0.2) is 0 Å². The summed E-state index contributed by atoms with van der Waals surface area (Å²) in [6.45, 7) is 6.56. The number of hydrogen-bond acceptors (Lipinski definition) is 3. The number of piperidine rings is 2. The molecule has 0 saturated carbocycles. The van der Waals surface area contributed by atoms with Crippen LogP contribution in [0.25, 0.3) is 0 Å². The number of hydrogen-bond donors (Lipinski definition) is 1. The molecule has 0 aromatic rings. The molecule has 3 nitrogen and oxygen atoms in total. The summed E-state index contributed by atoms with van der Waals surface area (Å²) in [5.41, 5.74) is 0. The second kappa shape index (κ2) is 5.25. The minimum absolute atomic E-state index is 0.758. The van der Waals surface area contributed by atoms with E-state index < -0.39 is 0 Å². The fraction of sp³-hybridized carbons (Fsp3) is 1.00. The van der Waals surface area contributed by atoms with Crippen molar-refractivity contribution in [3.05, 3.63) is 0 Å². The predicted molar refractivity (Wildman–Crippen MR) is 71.2 cm³/mol. The predicted octanol–water partition coefficient (Wildman–Crippen LogP) is 1.15. The van der Waals surface area contributed by atoms with Gasteiger partial charge in [-0.1, -0.05) is 6.42 Å². The zero-order valence-corrected chi connectivity index (χ0v) is 11.2. The molecule has 0 aliphatic carbocycles. The number of nitrogens with one attached hydrogen (secondary N) is 1. The van der Waals surface area contributed by atoms with Crippen LogP contribution in [0.3, 0.4) is 0 Å². The third-order valence-electron chi connectivity index (χ3n) is 5.08. The molecule has 3 heterocycles. The van der Waals surface area contributed by atoms with Crippen LogP contribution in [0.1, 0.15) is 32.1 Å². The maximum atomic E-state index is 3.68. The van der Waals surface area contributed by atoms with Crippen molar-refractivity contribution in [3.8, 4) is 0 Å². The first-order valence-electron chi connectivity index (χ1n) is 7.49. The SMILES string of the molecule is CN(CC1CCCCN1)C1CCN2CCC1C2. The summed E-state index contributed by atoms with van der Waals surface area (Å²) in [7, 11) is 2.36. The first-order chi connectivity index (χ1) is 8.33. The van der Waals surface area contributed by atoms with Gasteiger partial charge in [-0.3, -0.25) is 0 Å². The molecule has 4 unspecified atom stereocenters. The first-order valence-corrected chi connectivity index (χ1v) is 7.49. The van der Waals surface area contributed by atoms with E-state index in [4.69, 9.17) is 0 Å². The van der Waals surface area contributed by atoms with Crippen molar-refractivity contribution in [1.82, 2.24) is 15.1 Å². The van der Waals surface area contributed by atoms with Gasteiger partial charge in [0.2, 0.25) is 0 Å². The molecule has 0 radical (unpaired) electrons. The summed E-state index contributed by atoms with van der Waals surface area (Å²) in [5.74, 6) is 0.956. The molecule has 0 amide bonds. The maximum absolute atomic E-state index is 3.68. The molecular weight excluding hydrogens is 210 g/mol. The van der Waals surface area contributed by atoms with Crippen LogP contribution < -0.4 is 5.32 Å². The maximum Gasteiger partial charge on any atom is 0.0195 e. The van der Waals surface area contributed by atoms with Crippen LogP contribution in [0.2, 0.25) is 0 Å². The summed E-state index contributed by atoms with van der Waals surface area (Å²) >= 11 is 0. The smallest absolute Gasteiger partial charge is 0.0195 e. The van der Waals surface area contributed by atoms with Crippen LogP contribution >= 0.6 is 0 Å². The molecular formula is C14H27N3. The summed E-state index contributed by atoms with van der Waals surface area (Å²) in [5, 5.41) is 3.68. The summed E-state index contributed by atoms with van der Waals surface area (Å²) in [4.78, 5) is 5.31. The summed E-state index contributed by atoms with van der Waals surface area (Å²) in [6, 6.07) is 1.62. The van der Waals surface area contributed by atoms with Gasteiger partial charge < -0.3 is 15.1 Å². The second-order valence-corrected chi connectivity index (χ2v) is 6.29. The van der Waals surface area contributed by atoms with Crippen molar-refractivity contribution in [2.75, 3.05) is 39.8 Å². The highest BCUT2D eigenvalue weighted by atomic mass is 15.2.